The lowest BCUT2D eigenvalue weighted by Gasteiger charge is -2.27. The van der Waals surface area contributed by atoms with Crippen molar-refractivity contribution in [1.29, 1.82) is 0 Å². The highest BCUT2D eigenvalue weighted by Gasteiger charge is 2.29. The van der Waals surface area contributed by atoms with Crippen molar-refractivity contribution >= 4 is 43.2 Å². The van der Waals surface area contributed by atoms with E-state index in [-0.39, 0.29) is 22.0 Å². The van der Waals surface area contributed by atoms with Gasteiger partial charge in [-0.25, -0.2) is 17.1 Å². The summed E-state index contributed by atoms with van der Waals surface area (Å²) in [4.78, 5) is 16.4. The summed E-state index contributed by atoms with van der Waals surface area (Å²) in [6.07, 6.45) is 2.86. The number of carbonyl (C=O) groups excluding carboxylic acids is 1. The van der Waals surface area contributed by atoms with Gasteiger partial charge < -0.3 is 5.32 Å². The second-order valence-corrected chi connectivity index (χ2v) is 10.9. The summed E-state index contributed by atoms with van der Waals surface area (Å²) in [5, 5.41) is 2.49. The summed E-state index contributed by atoms with van der Waals surface area (Å²) in [6, 6.07) is 13.6. The van der Waals surface area contributed by atoms with Gasteiger partial charge in [0.15, 0.2) is 0 Å². The van der Waals surface area contributed by atoms with E-state index in [0.29, 0.717) is 4.31 Å². The van der Waals surface area contributed by atoms with Crippen LogP contribution in [-0.4, -0.2) is 52.7 Å². The number of hydrogen-bond acceptors (Lipinski definition) is 6. The number of pyridine rings is 1. The average Bonchev–Trinajstić information content (AvgIpc) is 2.78. The van der Waals surface area contributed by atoms with Crippen molar-refractivity contribution in [2.75, 3.05) is 35.0 Å². The fourth-order valence-electron chi connectivity index (χ4n) is 2.83. The second-order valence-electron chi connectivity index (χ2n) is 7.17. The molecule has 0 fully saturated rings. The SMILES string of the molecule is CN(C)S(=O)(=O)N(CC(=O)Nc1ccc(S(=O)(=O)Nc2cccnc2)cc1)c1ccccc1F. The number of benzene rings is 2. The van der Waals surface area contributed by atoms with Crippen molar-refractivity contribution in [3.05, 3.63) is 78.9 Å². The maximum absolute atomic E-state index is 14.3. The number of anilines is 3. The van der Waals surface area contributed by atoms with Crippen LogP contribution in [0.25, 0.3) is 0 Å². The average molecular weight is 508 g/mol. The molecule has 2 N–H and O–H groups in total. The van der Waals surface area contributed by atoms with Crippen molar-refractivity contribution in [3.8, 4) is 0 Å². The summed E-state index contributed by atoms with van der Waals surface area (Å²) in [5.41, 5.74) is 0.227. The lowest BCUT2D eigenvalue weighted by atomic mass is 10.3. The smallest absolute Gasteiger partial charge is 0.304 e. The number of hydrogen-bond donors (Lipinski definition) is 2. The van der Waals surface area contributed by atoms with Gasteiger partial charge in [-0.05, 0) is 48.5 Å². The quantitative estimate of drug-likeness (QED) is 0.457. The number of rotatable bonds is 9. The van der Waals surface area contributed by atoms with Gasteiger partial charge in [0.1, 0.15) is 12.4 Å². The molecule has 0 saturated carbocycles. The van der Waals surface area contributed by atoms with Crippen molar-refractivity contribution in [2.24, 2.45) is 0 Å². The van der Waals surface area contributed by atoms with Crippen molar-refractivity contribution in [2.45, 2.75) is 4.90 Å². The lowest BCUT2D eigenvalue weighted by Crippen LogP contribution is -2.44. The molecule has 0 bridgehead atoms. The van der Waals surface area contributed by atoms with Crippen LogP contribution in [0.2, 0.25) is 0 Å². The van der Waals surface area contributed by atoms with Crippen LogP contribution >= 0.6 is 0 Å². The van der Waals surface area contributed by atoms with Crippen LogP contribution < -0.4 is 14.3 Å². The molecule has 10 nitrogen and oxygen atoms in total. The Hall–Kier alpha value is -3.55. The highest BCUT2D eigenvalue weighted by atomic mass is 32.2. The zero-order chi connectivity index (χ0) is 24.9. The molecule has 1 heterocycles. The van der Waals surface area contributed by atoms with Gasteiger partial charge >= 0.3 is 10.2 Å². The van der Waals surface area contributed by atoms with E-state index in [0.717, 1.165) is 10.4 Å². The first-order chi connectivity index (χ1) is 16.0. The molecule has 1 aromatic heterocycles. The molecular weight excluding hydrogens is 485 g/mol. The Bertz CT molecular complexity index is 1370. The standard InChI is InChI=1S/C21H22FN5O5S2/c1-26(2)34(31,32)27(20-8-4-3-7-19(20)22)15-21(28)24-16-9-11-18(12-10-16)33(29,30)25-17-6-5-13-23-14-17/h3-14,25H,15H2,1-2H3,(H,24,28). The maximum Gasteiger partial charge on any atom is 0.304 e. The van der Waals surface area contributed by atoms with Crippen LogP contribution in [0.3, 0.4) is 0 Å². The number of para-hydroxylation sites is 1. The van der Waals surface area contributed by atoms with Crippen LogP contribution in [0.4, 0.5) is 21.5 Å². The minimum Gasteiger partial charge on any atom is -0.325 e. The molecule has 3 rings (SSSR count). The van der Waals surface area contributed by atoms with Gasteiger partial charge in [-0.3, -0.25) is 14.5 Å². The largest absolute Gasteiger partial charge is 0.325 e. The molecule has 1 amide bonds. The van der Waals surface area contributed by atoms with Crippen LogP contribution in [0.5, 0.6) is 0 Å². The summed E-state index contributed by atoms with van der Waals surface area (Å²) in [7, 11) is -5.54. The molecule has 0 aliphatic rings. The lowest BCUT2D eigenvalue weighted by molar-refractivity contribution is -0.114. The highest BCUT2D eigenvalue weighted by molar-refractivity contribution is 7.92. The van der Waals surface area contributed by atoms with Gasteiger partial charge in [-0.2, -0.15) is 12.7 Å². The van der Waals surface area contributed by atoms with E-state index < -0.39 is 38.5 Å². The van der Waals surface area contributed by atoms with Gasteiger partial charge in [0.05, 0.1) is 22.5 Å². The molecular formula is C21H22FN5O5S2. The number of aromatic nitrogens is 1. The first-order valence-electron chi connectivity index (χ1n) is 9.78. The molecule has 180 valence electrons. The number of nitrogens with one attached hydrogen (secondary N) is 2. The van der Waals surface area contributed by atoms with E-state index in [9.17, 15) is 26.0 Å². The van der Waals surface area contributed by atoms with Crippen LogP contribution in [0.1, 0.15) is 0 Å². The molecule has 2 aromatic carbocycles. The van der Waals surface area contributed by atoms with Crippen LogP contribution in [0.15, 0.2) is 78.0 Å². The molecule has 0 unspecified atom stereocenters. The van der Waals surface area contributed by atoms with Crippen LogP contribution in [0, 0.1) is 5.82 Å². The Morgan fingerprint density at radius 3 is 2.21 bits per heavy atom. The third-order valence-electron chi connectivity index (χ3n) is 4.51. The zero-order valence-electron chi connectivity index (χ0n) is 18.2. The fraction of sp³-hybridized carbons (Fsp3) is 0.143. The van der Waals surface area contributed by atoms with Gasteiger partial charge in [0.25, 0.3) is 10.0 Å². The first-order valence-corrected chi connectivity index (χ1v) is 12.7. The number of sulfonamides is 1. The number of carbonyl (C=O) groups is 1. The fourth-order valence-corrected chi connectivity index (χ4v) is 4.94. The molecule has 3 aromatic rings. The van der Waals surface area contributed by atoms with Crippen molar-refractivity contribution in [3.63, 3.8) is 0 Å². The Morgan fingerprint density at radius 1 is 0.941 bits per heavy atom. The van der Waals surface area contributed by atoms with Gasteiger partial charge in [-0.1, -0.05) is 12.1 Å². The van der Waals surface area contributed by atoms with E-state index in [1.807, 2.05) is 0 Å². The molecule has 0 saturated heterocycles. The van der Waals surface area contributed by atoms with E-state index in [4.69, 9.17) is 0 Å². The van der Waals surface area contributed by atoms with Gasteiger partial charge in [-0.15, -0.1) is 0 Å². The number of amides is 1. The predicted octanol–water partition coefficient (Wildman–Crippen LogP) is 2.27. The van der Waals surface area contributed by atoms with Crippen molar-refractivity contribution < 1.29 is 26.0 Å². The minimum atomic E-state index is -4.18. The molecule has 34 heavy (non-hydrogen) atoms. The summed E-state index contributed by atoms with van der Waals surface area (Å²) in [5.74, 6) is -1.56. The minimum absolute atomic E-state index is 0.0579. The second kappa shape index (κ2) is 10.2. The predicted molar refractivity (Wildman–Crippen MR) is 126 cm³/mol. The van der Waals surface area contributed by atoms with E-state index in [1.165, 1.54) is 69.0 Å². The molecule has 0 atom stereocenters. The number of halogens is 1. The van der Waals surface area contributed by atoms with Crippen LogP contribution in [-0.2, 0) is 25.0 Å². The number of nitrogens with zero attached hydrogens (tertiary/aromatic N) is 3. The zero-order valence-corrected chi connectivity index (χ0v) is 19.8. The third kappa shape index (κ3) is 5.87. The molecule has 0 aliphatic carbocycles. The Morgan fingerprint density at radius 2 is 1.62 bits per heavy atom. The van der Waals surface area contributed by atoms with Crippen molar-refractivity contribution in [1.82, 2.24) is 9.29 Å². The first kappa shape index (κ1) is 25.1. The third-order valence-corrected chi connectivity index (χ3v) is 7.71. The van der Waals surface area contributed by atoms with Gasteiger partial charge in [0.2, 0.25) is 5.91 Å². The monoisotopic (exact) mass is 507 g/mol. The maximum atomic E-state index is 14.3. The summed E-state index contributed by atoms with van der Waals surface area (Å²) >= 11 is 0. The Labute approximate surface area is 197 Å². The topological polar surface area (TPSA) is 129 Å². The molecule has 0 spiro atoms. The molecule has 0 aliphatic heterocycles. The van der Waals surface area contributed by atoms with Gasteiger partial charge in [0, 0.05) is 26.0 Å². The summed E-state index contributed by atoms with van der Waals surface area (Å²) < 4.78 is 68.6. The summed E-state index contributed by atoms with van der Waals surface area (Å²) in [6.45, 7) is -0.704. The highest BCUT2D eigenvalue weighted by Crippen LogP contribution is 2.23. The molecule has 0 radical (unpaired) electrons. The Kier molecular flexibility index (Phi) is 7.49. The Balaban J connectivity index is 1.76. The van der Waals surface area contributed by atoms with E-state index in [1.54, 1.807) is 12.1 Å². The van der Waals surface area contributed by atoms with E-state index >= 15 is 0 Å². The van der Waals surface area contributed by atoms with E-state index in [2.05, 4.69) is 15.0 Å². The molecule has 13 heteroatoms. The normalized spacial score (nSPS) is 11.8.